The zero-order chi connectivity index (χ0) is 17.5. The maximum absolute atomic E-state index is 12.5. The van der Waals surface area contributed by atoms with Crippen LogP contribution < -0.4 is 5.32 Å². The van der Waals surface area contributed by atoms with Crippen LogP contribution in [0.25, 0.3) is 10.9 Å². The van der Waals surface area contributed by atoms with Crippen LogP contribution in [0.3, 0.4) is 0 Å². The molecule has 0 saturated heterocycles. The summed E-state index contributed by atoms with van der Waals surface area (Å²) in [5.74, 6) is -1.52. The topological polar surface area (TPSA) is 94.6 Å². The summed E-state index contributed by atoms with van der Waals surface area (Å²) in [6, 6.07) is 7.83. The van der Waals surface area contributed by atoms with Crippen molar-refractivity contribution in [2.45, 2.75) is 18.9 Å². The van der Waals surface area contributed by atoms with Gasteiger partial charge in [-0.1, -0.05) is 18.2 Å². The number of hydrogen-bond acceptors (Lipinski definition) is 6. The molecule has 7 nitrogen and oxygen atoms in total. The number of rotatable bonds is 6. The van der Waals surface area contributed by atoms with Gasteiger partial charge in [0.15, 0.2) is 0 Å². The van der Waals surface area contributed by atoms with Gasteiger partial charge in [0.2, 0.25) is 0 Å². The van der Waals surface area contributed by atoms with Crippen molar-refractivity contribution in [3.05, 3.63) is 42.1 Å². The second-order valence-corrected chi connectivity index (χ2v) is 5.04. The summed E-state index contributed by atoms with van der Waals surface area (Å²) in [6.07, 6.45) is 1.61. The van der Waals surface area contributed by atoms with Gasteiger partial charge in [-0.25, -0.2) is 4.79 Å². The average Bonchev–Trinajstić information content (AvgIpc) is 2.63. The Bertz CT molecular complexity index is 754. The van der Waals surface area contributed by atoms with E-state index >= 15 is 0 Å². The third kappa shape index (κ3) is 4.07. The number of pyridine rings is 1. The average molecular weight is 330 g/mol. The van der Waals surface area contributed by atoms with E-state index in [4.69, 9.17) is 0 Å². The van der Waals surface area contributed by atoms with Crippen LogP contribution in [0.2, 0.25) is 0 Å². The maximum Gasteiger partial charge on any atom is 0.328 e. The Morgan fingerprint density at radius 3 is 2.58 bits per heavy atom. The molecule has 0 bridgehead atoms. The number of methoxy groups -OCH3 is 2. The SMILES string of the molecule is COC(=O)CC[C@H](NC(=O)c1ccnc2ccccc12)C(=O)OC. The Morgan fingerprint density at radius 1 is 1.12 bits per heavy atom. The lowest BCUT2D eigenvalue weighted by atomic mass is 10.1. The summed E-state index contributed by atoms with van der Waals surface area (Å²) >= 11 is 0. The minimum atomic E-state index is -0.937. The van der Waals surface area contributed by atoms with Crippen LogP contribution in [0.5, 0.6) is 0 Å². The summed E-state index contributed by atoms with van der Waals surface area (Å²) in [6.45, 7) is 0. The van der Waals surface area contributed by atoms with Gasteiger partial charge in [-0.2, -0.15) is 0 Å². The third-order valence-electron chi connectivity index (χ3n) is 3.55. The summed E-state index contributed by atoms with van der Waals surface area (Å²) in [5.41, 5.74) is 1.07. The van der Waals surface area contributed by atoms with Crippen molar-refractivity contribution in [2.24, 2.45) is 0 Å². The van der Waals surface area contributed by atoms with Crippen molar-refractivity contribution in [1.82, 2.24) is 10.3 Å². The lowest BCUT2D eigenvalue weighted by molar-refractivity contribution is -0.144. The van der Waals surface area contributed by atoms with E-state index in [-0.39, 0.29) is 12.8 Å². The van der Waals surface area contributed by atoms with E-state index in [1.165, 1.54) is 20.4 Å². The highest BCUT2D eigenvalue weighted by molar-refractivity contribution is 6.07. The number of hydrogen-bond donors (Lipinski definition) is 1. The number of benzene rings is 1. The molecule has 0 fully saturated rings. The first kappa shape index (κ1) is 17.4. The number of nitrogens with zero attached hydrogens (tertiary/aromatic N) is 1. The molecule has 2 aromatic rings. The number of aromatic nitrogens is 1. The molecule has 24 heavy (non-hydrogen) atoms. The van der Waals surface area contributed by atoms with E-state index < -0.39 is 23.9 Å². The summed E-state index contributed by atoms with van der Waals surface area (Å²) in [5, 5.41) is 3.28. The molecule has 0 spiro atoms. The first-order valence-corrected chi connectivity index (χ1v) is 7.36. The predicted octanol–water partition coefficient (Wildman–Crippen LogP) is 1.46. The number of para-hydroxylation sites is 1. The highest BCUT2D eigenvalue weighted by atomic mass is 16.5. The van der Waals surface area contributed by atoms with Crippen molar-refractivity contribution >= 4 is 28.7 Å². The van der Waals surface area contributed by atoms with Crippen molar-refractivity contribution in [3.63, 3.8) is 0 Å². The zero-order valence-electron chi connectivity index (χ0n) is 13.4. The Kier molecular flexibility index (Phi) is 5.83. The molecule has 126 valence electrons. The van der Waals surface area contributed by atoms with Crippen LogP contribution in [0, 0.1) is 0 Å². The van der Waals surface area contributed by atoms with Crippen molar-refractivity contribution in [1.29, 1.82) is 0 Å². The van der Waals surface area contributed by atoms with Gasteiger partial charge in [0.1, 0.15) is 6.04 Å². The van der Waals surface area contributed by atoms with Gasteiger partial charge in [-0.15, -0.1) is 0 Å². The number of esters is 2. The molecule has 2 rings (SSSR count). The first-order chi connectivity index (χ1) is 11.6. The molecular formula is C17H18N2O5. The summed E-state index contributed by atoms with van der Waals surface area (Å²) in [4.78, 5) is 39.8. The minimum absolute atomic E-state index is 0.00631. The zero-order valence-corrected chi connectivity index (χ0v) is 13.4. The summed E-state index contributed by atoms with van der Waals surface area (Å²) < 4.78 is 9.23. The fourth-order valence-electron chi connectivity index (χ4n) is 2.29. The van der Waals surface area contributed by atoms with Crippen molar-refractivity contribution in [2.75, 3.05) is 14.2 Å². The molecule has 1 heterocycles. The van der Waals surface area contributed by atoms with Gasteiger partial charge in [-0.3, -0.25) is 14.6 Å². The Labute approximate surface area is 139 Å². The molecule has 7 heteroatoms. The third-order valence-corrected chi connectivity index (χ3v) is 3.55. The van der Waals surface area contributed by atoms with Crippen LogP contribution in [0.1, 0.15) is 23.2 Å². The fourth-order valence-corrected chi connectivity index (χ4v) is 2.29. The van der Waals surface area contributed by atoms with E-state index in [1.54, 1.807) is 24.3 Å². The maximum atomic E-state index is 12.5. The van der Waals surface area contributed by atoms with Crippen LogP contribution >= 0.6 is 0 Å². The Balaban J connectivity index is 2.19. The quantitative estimate of drug-likeness (QED) is 0.806. The molecule has 1 amide bonds. The largest absolute Gasteiger partial charge is 0.469 e. The normalized spacial score (nSPS) is 11.6. The highest BCUT2D eigenvalue weighted by Gasteiger charge is 2.24. The monoisotopic (exact) mass is 330 g/mol. The molecule has 1 aromatic carbocycles. The number of carbonyl (C=O) groups is 3. The van der Waals surface area contributed by atoms with E-state index in [9.17, 15) is 14.4 Å². The van der Waals surface area contributed by atoms with Crippen LogP contribution in [0.15, 0.2) is 36.5 Å². The smallest absolute Gasteiger partial charge is 0.328 e. The lowest BCUT2D eigenvalue weighted by Crippen LogP contribution is -2.42. The molecule has 1 N–H and O–H groups in total. The molecule has 0 aliphatic rings. The molecular weight excluding hydrogens is 312 g/mol. The van der Waals surface area contributed by atoms with Gasteiger partial charge in [0.05, 0.1) is 25.3 Å². The molecule has 1 aromatic heterocycles. The molecule has 0 radical (unpaired) electrons. The Hall–Kier alpha value is -2.96. The number of nitrogens with one attached hydrogen (secondary N) is 1. The van der Waals surface area contributed by atoms with Gasteiger partial charge in [0, 0.05) is 18.0 Å². The minimum Gasteiger partial charge on any atom is -0.469 e. The lowest BCUT2D eigenvalue weighted by Gasteiger charge is -2.16. The van der Waals surface area contributed by atoms with Gasteiger partial charge in [0.25, 0.3) is 5.91 Å². The van der Waals surface area contributed by atoms with Crippen molar-refractivity contribution in [3.8, 4) is 0 Å². The number of fused-ring (bicyclic) bond motifs is 1. The van der Waals surface area contributed by atoms with E-state index in [2.05, 4.69) is 19.8 Å². The highest BCUT2D eigenvalue weighted by Crippen LogP contribution is 2.16. The van der Waals surface area contributed by atoms with E-state index in [0.717, 1.165) is 0 Å². The first-order valence-electron chi connectivity index (χ1n) is 7.36. The molecule has 0 saturated carbocycles. The van der Waals surface area contributed by atoms with E-state index in [1.807, 2.05) is 6.07 Å². The fraction of sp³-hybridized carbons (Fsp3) is 0.294. The number of carbonyl (C=O) groups excluding carboxylic acids is 3. The van der Waals surface area contributed by atoms with Crippen LogP contribution in [-0.4, -0.2) is 43.1 Å². The number of ether oxygens (including phenoxy) is 2. The van der Waals surface area contributed by atoms with Crippen LogP contribution in [-0.2, 0) is 19.1 Å². The molecule has 0 aliphatic heterocycles. The molecule has 0 aliphatic carbocycles. The summed E-state index contributed by atoms with van der Waals surface area (Å²) in [7, 11) is 2.48. The predicted molar refractivity (Wildman–Crippen MR) is 86.3 cm³/mol. The molecule has 1 atom stereocenters. The van der Waals surface area contributed by atoms with Gasteiger partial charge < -0.3 is 14.8 Å². The number of amides is 1. The van der Waals surface area contributed by atoms with E-state index in [0.29, 0.717) is 16.5 Å². The second kappa shape index (κ2) is 8.05. The van der Waals surface area contributed by atoms with Gasteiger partial charge in [-0.05, 0) is 18.6 Å². The standard InChI is InChI=1S/C17H18N2O5/c1-23-15(20)8-7-14(17(22)24-2)19-16(21)12-9-10-18-13-6-4-3-5-11(12)13/h3-6,9-10,14H,7-8H2,1-2H3,(H,19,21)/t14-/m0/s1. The Morgan fingerprint density at radius 2 is 1.88 bits per heavy atom. The van der Waals surface area contributed by atoms with Crippen LogP contribution in [0.4, 0.5) is 0 Å². The molecule has 0 unspecified atom stereocenters. The van der Waals surface area contributed by atoms with Crippen molar-refractivity contribution < 1.29 is 23.9 Å². The second-order valence-electron chi connectivity index (χ2n) is 5.04. The van der Waals surface area contributed by atoms with Gasteiger partial charge >= 0.3 is 11.9 Å².